The van der Waals surface area contributed by atoms with E-state index in [2.05, 4.69) is 15.5 Å². The number of hydrogen-bond acceptors (Lipinski definition) is 6. The van der Waals surface area contributed by atoms with Crippen LogP contribution in [0.15, 0.2) is 35.6 Å². The third-order valence-electron chi connectivity index (χ3n) is 4.33. The van der Waals surface area contributed by atoms with Crippen LogP contribution < -0.4 is 5.43 Å². The van der Waals surface area contributed by atoms with Gasteiger partial charge in [0, 0.05) is 36.6 Å². The Hall–Kier alpha value is -2.52. The van der Waals surface area contributed by atoms with Crippen LogP contribution in [0.3, 0.4) is 0 Å². The van der Waals surface area contributed by atoms with Crippen molar-refractivity contribution in [1.82, 2.24) is 25.2 Å². The third-order valence-corrected chi connectivity index (χ3v) is 5.63. The summed E-state index contributed by atoms with van der Waals surface area (Å²) in [4.78, 5) is 29.4. The number of carbonyl (C=O) groups is 2. The second kappa shape index (κ2) is 7.24. The Labute approximate surface area is 165 Å². The zero-order valence-corrected chi connectivity index (χ0v) is 16.2. The number of thiocarbonyl (C=S) groups is 1. The number of pyridine rings is 1. The summed E-state index contributed by atoms with van der Waals surface area (Å²) in [6.07, 6.45) is 9.04. The molecule has 138 valence electrons. The number of thioether (sulfide) groups is 1. The van der Waals surface area contributed by atoms with Crippen LogP contribution in [0.2, 0.25) is 0 Å². The van der Waals surface area contributed by atoms with Gasteiger partial charge in [-0.05, 0) is 50.2 Å². The monoisotopic (exact) mass is 399 g/mol. The lowest BCUT2D eigenvalue weighted by Gasteiger charge is -2.15. The Morgan fingerprint density at radius 3 is 2.96 bits per heavy atom. The average molecular weight is 400 g/mol. The highest BCUT2D eigenvalue weighted by molar-refractivity contribution is 8.26. The number of aromatic nitrogens is 3. The van der Waals surface area contributed by atoms with Crippen molar-refractivity contribution in [3.8, 4) is 0 Å². The summed E-state index contributed by atoms with van der Waals surface area (Å²) in [7, 11) is 0. The number of aryl methyl sites for hydroxylation is 1. The zero-order valence-electron chi connectivity index (χ0n) is 14.6. The Kier molecular flexibility index (Phi) is 4.79. The fraction of sp³-hybridized carbons (Fsp3) is 0.278. The molecular formula is C18H17N5O2S2. The van der Waals surface area contributed by atoms with E-state index in [4.69, 9.17) is 12.2 Å². The standard InChI is InChI=1S/C18H17N5O2S2/c1-2-22-10-13(15(20-22)11-5-6-11)8-14-17(25)23(18(26)27-14)21-16(24)12-4-3-7-19-9-12/h3-4,7-11H,2,5-6H2,1H3,(H,21,24)/b14-8+. The zero-order chi connectivity index (χ0) is 19.0. The first kappa shape index (κ1) is 17.9. The summed E-state index contributed by atoms with van der Waals surface area (Å²) in [5.41, 5.74) is 4.89. The lowest BCUT2D eigenvalue weighted by atomic mass is 10.1. The molecule has 1 saturated heterocycles. The van der Waals surface area contributed by atoms with Gasteiger partial charge in [-0.2, -0.15) is 10.1 Å². The van der Waals surface area contributed by atoms with Gasteiger partial charge in [0.25, 0.3) is 11.8 Å². The summed E-state index contributed by atoms with van der Waals surface area (Å²) in [6, 6.07) is 3.28. The minimum Gasteiger partial charge on any atom is -0.272 e. The Bertz CT molecular complexity index is 950. The van der Waals surface area contributed by atoms with E-state index < -0.39 is 5.91 Å². The molecule has 1 saturated carbocycles. The lowest BCUT2D eigenvalue weighted by Crippen LogP contribution is -2.44. The smallest absolute Gasteiger partial charge is 0.272 e. The second-order valence-corrected chi connectivity index (χ2v) is 7.98. The van der Waals surface area contributed by atoms with E-state index in [1.165, 1.54) is 18.0 Å². The molecule has 0 unspecified atom stereocenters. The fourth-order valence-electron chi connectivity index (χ4n) is 2.77. The van der Waals surface area contributed by atoms with Crippen molar-refractivity contribution in [3.63, 3.8) is 0 Å². The number of rotatable bonds is 5. The Balaban J connectivity index is 1.55. The van der Waals surface area contributed by atoms with Crippen molar-refractivity contribution in [2.45, 2.75) is 32.2 Å². The molecule has 2 aliphatic rings. The quantitative estimate of drug-likeness (QED) is 0.615. The molecule has 0 aromatic carbocycles. The van der Waals surface area contributed by atoms with E-state index >= 15 is 0 Å². The molecule has 0 bridgehead atoms. The van der Waals surface area contributed by atoms with Gasteiger partial charge >= 0.3 is 0 Å². The molecule has 1 aliphatic heterocycles. The molecule has 4 rings (SSSR count). The van der Waals surface area contributed by atoms with Crippen LogP contribution in [0.5, 0.6) is 0 Å². The number of hydrazine groups is 1. The van der Waals surface area contributed by atoms with Crippen LogP contribution in [0.4, 0.5) is 0 Å². The summed E-state index contributed by atoms with van der Waals surface area (Å²) in [5.74, 6) is -0.300. The maximum absolute atomic E-state index is 12.8. The van der Waals surface area contributed by atoms with Crippen LogP contribution >= 0.6 is 24.0 Å². The van der Waals surface area contributed by atoms with Crippen molar-refractivity contribution >= 4 is 46.2 Å². The van der Waals surface area contributed by atoms with E-state index in [0.717, 1.165) is 35.7 Å². The van der Waals surface area contributed by atoms with Crippen molar-refractivity contribution < 1.29 is 9.59 Å². The second-order valence-electron chi connectivity index (χ2n) is 6.30. The number of carbonyl (C=O) groups excluding carboxylic acids is 2. The average Bonchev–Trinajstić information content (AvgIpc) is 3.40. The largest absolute Gasteiger partial charge is 0.285 e. The lowest BCUT2D eigenvalue weighted by molar-refractivity contribution is -0.123. The highest BCUT2D eigenvalue weighted by Gasteiger charge is 2.35. The Morgan fingerprint density at radius 2 is 2.30 bits per heavy atom. The highest BCUT2D eigenvalue weighted by Crippen LogP contribution is 2.42. The molecule has 0 radical (unpaired) electrons. The van der Waals surface area contributed by atoms with Gasteiger partial charge in [0.2, 0.25) is 0 Å². The SMILES string of the molecule is CCn1cc(/C=C2/SC(=S)N(NC(=O)c3cccnc3)C2=O)c(C2CC2)n1. The number of nitrogens with zero attached hydrogens (tertiary/aromatic N) is 4. The van der Waals surface area contributed by atoms with Crippen LogP contribution in [-0.4, -0.2) is 35.9 Å². The predicted octanol–water partition coefficient (Wildman–Crippen LogP) is 2.72. The van der Waals surface area contributed by atoms with Crippen LogP contribution in [0.25, 0.3) is 6.08 Å². The first-order valence-electron chi connectivity index (χ1n) is 8.63. The van der Waals surface area contributed by atoms with Gasteiger partial charge < -0.3 is 0 Å². The van der Waals surface area contributed by atoms with Gasteiger partial charge in [-0.1, -0.05) is 11.8 Å². The maximum atomic E-state index is 12.8. The first-order valence-corrected chi connectivity index (χ1v) is 9.85. The molecule has 2 aromatic heterocycles. The minimum atomic E-state index is -0.432. The third kappa shape index (κ3) is 3.65. The van der Waals surface area contributed by atoms with Gasteiger partial charge in [0.15, 0.2) is 4.32 Å². The van der Waals surface area contributed by atoms with Crippen LogP contribution in [-0.2, 0) is 11.3 Å². The highest BCUT2D eigenvalue weighted by atomic mass is 32.2. The molecule has 3 heterocycles. The first-order chi connectivity index (χ1) is 13.1. The molecule has 2 aromatic rings. The van der Waals surface area contributed by atoms with E-state index in [9.17, 15) is 9.59 Å². The van der Waals surface area contributed by atoms with Crippen molar-refractivity contribution in [3.05, 3.63) is 52.4 Å². The van der Waals surface area contributed by atoms with Gasteiger partial charge in [0.1, 0.15) is 0 Å². The fourth-order valence-corrected chi connectivity index (χ4v) is 3.94. The molecule has 27 heavy (non-hydrogen) atoms. The molecular weight excluding hydrogens is 382 g/mol. The topological polar surface area (TPSA) is 80.1 Å². The van der Waals surface area contributed by atoms with Gasteiger partial charge in [-0.3, -0.25) is 24.7 Å². The molecule has 7 nitrogen and oxygen atoms in total. The van der Waals surface area contributed by atoms with Gasteiger partial charge in [-0.15, -0.1) is 0 Å². The van der Waals surface area contributed by atoms with E-state index in [1.807, 2.05) is 23.9 Å². The van der Waals surface area contributed by atoms with Gasteiger partial charge in [-0.25, -0.2) is 0 Å². The molecule has 2 fully saturated rings. The molecule has 0 spiro atoms. The van der Waals surface area contributed by atoms with Crippen molar-refractivity contribution in [2.24, 2.45) is 0 Å². The molecule has 9 heteroatoms. The molecule has 1 N–H and O–H groups in total. The number of amides is 2. The normalized spacial score (nSPS) is 18.4. The Morgan fingerprint density at radius 1 is 1.48 bits per heavy atom. The van der Waals surface area contributed by atoms with Crippen LogP contribution in [0, 0.1) is 0 Å². The van der Waals surface area contributed by atoms with Gasteiger partial charge in [0.05, 0.1) is 16.2 Å². The molecule has 1 aliphatic carbocycles. The summed E-state index contributed by atoms with van der Waals surface area (Å²) >= 11 is 6.45. The predicted molar refractivity (Wildman–Crippen MR) is 107 cm³/mol. The van der Waals surface area contributed by atoms with E-state index in [0.29, 0.717) is 20.7 Å². The molecule has 0 atom stereocenters. The summed E-state index contributed by atoms with van der Waals surface area (Å²) in [5, 5.41) is 5.73. The number of nitrogens with one attached hydrogen (secondary N) is 1. The van der Waals surface area contributed by atoms with Crippen molar-refractivity contribution in [1.29, 1.82) is 0 Å². The van der Waals surface area contributed by atoms with E-state index in [-0.39, 0.29) is 5.91 Å². The van der Waals surface area contributed by atoms with Crippen LogP contribution in [0.1, 0.15) is 47.3 Å². The van der Waals surface area contributed by atoms with Crippen molar-refractivity contribution in [2.75, 3.05) is 0 Å². The minimum absolute atomic E-state index is 0.291. The maximum Gasteiger partial charge on any atom is 0.285 e. The summed E-state index contributed by atoms with van der Waals surface area (Å²) < 4.78 is 2.17. The molecule has 2 amide bonds. The summed E-state index contributed by atoms with van der Waals surface area (Å²) in [6.45, 7) is 2.80. The van der Waals surface area contributed by atoms with E-state index in [1.54, 1.807) is 18.3 Å². The number of hydrogen-bond donors (Lipinski definition) is 1.